The second kappa shape index (κ2) is 74.3. The van der Waals surface area contributed by atoms with Crippen molar-refractivity contribution in [3.05, 3.63) is 210 Å². The van der Waals surface area contributed by atoms with E-state index in [-0.39, 0.29) is 219 Å². The van der Waals surface area contributed by atoms with Crippen LogP contribution in [0.2, 0.25) is 61.4 Å². The monoisotopic (exact) mass is 3210 g/mol. The third-order valence-electron chi connectivity index (χ3n) is 16.4. The number of hydrogen-bond donors (Lipinski definition) is 3. The average Bonchev–Trinajstić information content (AvgIpc) is 1.56. The number of alkyl halides is 9. The molecule has 117 heavy (non-hydrogen) atoms. The molecule has 0 saturated carbocycles. The summed E-state index contributed by atoms with van der Waals surface area (Å²) in [7, 11) is 0. The molecule has 7 nitrogen and oxygen atoms in total. The molecule has 3 aliphatic rings. The van der Waals surface area contributed by atoms with Gasteiger partial charge in [-0.05, 0) is 182 Å². The minimum absolute atomic E-state index is 0. The van der Waals surface area contributed by atoms with Crippen LogP contribution in [0.25, 0.3) is 33.4 Å². The minimum Gasteiger partial charge on any atom is 0 e. The fourth-order valence-corrected chi connectivity index (χ4v) is 12.3. The normalized spacial score (nSPS) is 13.5. The average molecular weight is 3210 g/mol. The van der Waals surface area contributed by atoms with Crippen LogP contribution >= 0.6 is 63.9 Å². The van der Waals surface area contributed by atoms with E-state index < -0.39 is 35.3 Å². The Morgan fingerprint density at radius 3 is 0.692 bits per heavy atom. The molecule has 28 heteroatoms. The Morgan fingerprint density at radius 2 is 0.521 bits per heavy atom. The molecule has 0 spiro atoms. The van der Waals surface area contributed by atoms with Crippen LogP contribution in [0, 0.1) is 225 Å². The molecule has 2 aromatic heterocycles. The third-order valence-corrected chi connectivity index (χ3v) is 17.6. The first-order valence-corrected chi connectivity index (χ1v) is 56.7. The summed E-state index contributed by atoms with van der Waals surface area (Å²) in [5.41, 5.74) is 3.60. The van der Waals surface area contributed by atoms with Crippen molar-refractivity contribution in [3.8, 4) is 33.4 Å². The minimum atomic E-state index is -4.77. The number of fused-ring (bicyclic) bond motifs is 9. The Bertz CT molecular complexity index is 3670. The number of halogens is 12. The van der Waals surface area contributed by atoms with Crippen molar-refractivity contribution in [2.24, 2.45) is 0 Å². The van der Waals surface area contributed by atoms with Crippen molar-refractivity contribution in [1.82, 2.24) is 15.5 Å². The van der Waals surface area contributed by atoms with Gasteiger partial charge in [0.25, 0.3) is 0 Å². The molecule has 0 saturated heterocycles. The summed E-state index contributed by atoms with van der Waals surface area (Å²) in [5.74, 6) is 0. The van der Waals surface area contributed by atoms with E-state index in [1.165, 1.54) is 24.3 Å². The fourth-order valence-electron chi connectivity index (χ4n) is 11.7. The van der Waals surface area contributed by atoms with Crippen LogP contribution in [-0.4, -0.2) is 89.7 Å². The molecule has 0 bridgehead atoms. The van der Waals surface area contributed by atoms with Crippen molar-refractivity contribution in [2.45, 2.75) is 319 Å². The molecule has 0 fully saturated rings. The molecular weight excluding hydrogens is 3060 g/mol. The Morgan fingerprint density at radius 1 is 0.342 bits per heavy atom. The van der Waals surface area contributed by atoms with Crippen molar-refractivity contribution in [3.63, 3.8) is 0 Å². The molecule has 0 radical (unpaired) electrons. The smallest absolute Gasteiger partial charge is 0 e. The molecular formula is C89H148B3F9I3InN4O3U5. The van der Waals surface area contributed by atoms with Gasteiger partial charge in [0.15, 0.2) is 0 Å². The molecule has 0 aliphatic heterocycles. The van der Waals surface area contributed by atoms with E-state index >= 15 is 0 Å². The predicted octanol–water partition coefficient (Wildman–Crippen LogP) is 30.6. The molecule has 11 rings (SSSR count). The maximum absolute atomic E-state index is 13.9. The van der Waals surface area contributed by atoms with E-state index in [2.05, 4.69) is 135 Å². The largest absolute Gasteiger partial charge is 0 e. The number of rotatable bonds is 2. The molecule has 0 amide bonds. The van der Waals surface area contributed by atoms with Crippen molar-refractivity contribution < 1.29 is 210 Å². The van der Waals surface area contributed by atoms with Crippen LogP contribution in [0.15, 0.2) is 110 Å². The summed E-state index contributed by atoms with van der Waals surface area (Å²) in [6.45, 7) is 71.9. The quantitative estimate of drug-likeness (QED) is 0.0910. The first-order valence-electron chi connectivity index (χ1n) is 38.1. The third kappa shape index (κ3) is 39.4. The zero-order valence-corrected chi connectivity index (χ0v) is 108. The maximum Gasteiger partial charge on any atom is 0 e. The number of nitrogens with zero attached hydrogens (tertiary/aromatic N) is 4. The summed E-state index contributed by atoms with van der Waals surface area (Å²) in [6.07, 6.45) is -2.36. The van der Waals surface area contributed by atoms with Gasteiger partial charge in [-0.3, -0.25) is 5.56 Å². The number of aliphatic hydroxyl groups is 3. The van der Waals surface area contributed by atoms with Crippen LogP contribution in [0.1, 0.15) is 241 Å². The second-order valence-electron chi connectivity index (χ2n) is 25.4. The molecule has 658 valence electrons. The van der Waals surface area contributed by atoms with Gasteiger partial charge in [0.05, 0.1) is 45.7 Å². The van der Waals surface area contributed by atoms with E-state index in [9.17, 15) is 54.8 Å². The Labute approximate surface area is 880 Å². The van der Waals surface area contributed by atoms with Gasteiger partial charge in [-0.25, -0.2) is 9.97 Å². The predicted molar refractivity (Wildman–Crippen MR) is 511 cm³/mol. The number of hydrogen-bond acceptors (Lipinski definition) is 5. The summed E-state index contributed by atoms with van der Waals surface area (Å²) < 4.78 is 129. The topological polar surface area (TPSA) is 96.3 Å². The number of aromatic nitrogens is 4. The van der Waals surface area contributed by atoms with Crippen LogP contribution in [0.4, 0.5) is 39.5 Å². The van der Waals surface area contributed by atoms with E-state index in [1.54, 1.807) is 101 Å². The summed E-state index contributed by atoms with van der Waals surface area (Å²) in [4.78, 5) is 7.55. The van der Waals surface area contributed by atoms with E-state index in [0.717, 1.165) is 90.4 Å². The van der Waals surface area contributed by atoms with Crippen molar-refractivity contribution in [2.75, 3.05) is 0 Å². The van der Waals surface area contributed by atoms with Crippen LogP contribution in [0.3, 0.4) is 0 Å². The Balaban J connectivity index is -0.0000000894. The zero-order valence-electron chi connectivity index (χ0n) is 74.7. The van der Waals surface area contributed by atoms with Crippen LogP contribution in [0.5, 0.6) is 0 Å². The van der Waals surface area contributed by atoms with Gasteiger partial charge in [-0.2, -0.15) is 39.5 Å². The van der Waals surface area contributed by atoms with Gasteiger partial charge in [0.1, 0.15) is 32.8 Å². The molecule has 6 aromatic carbocycles. The van der Waals surface area contributed by atoms with E-state index in [1.807, 2.05) is 170 Å². The second-order valence-corrected chi connectivity index (χ2v) is 27.7. The summed E-state index contributed by atoms with van der Waals surface area (Å²) in [6, 6.07) is 18.9. The Hall–Kier alpha value is 1.50. The fraction of sp³-hybridized carbons (Fsp3) is 0.528. The SMILES string of the molecule is C.C.C.C.CB(C)C.CB(C)C.CB(C)C.CC.CC.CC.CC.CC.CC.CC.CCc1c(C)c(C)c(C)c2c1-c1ccccc1C2(O)C(F)(F)F.CCc1c(C)c(C)c(C)c2c1-c1ccccc1C2(O)C(F)(F)F.Cc1c(C)c(C)c2c(c1C)-c1ccccc1C2(O)C(F)(F)F.In1ccnc1.In1ccnc1.[InH2][I].[U].[U].[U].[U].[U]. The van der Waals surface area contributed by atoms with Crippen LogP contribution in [-0.2, 0) is 29.6 Å². The standard InChI is InChI=1S/2C19H19F3O.C18H17F3O.3C3H9B.2C3H3IN2.7C2H6.4CH4.HI.In.5U.2H/c2*1-5-13-11(3)10(2)12(4)17-16(13)14-8-6-7-9-15(14)18(17,23)19(20,21)22;1-9-10(2)12(4)16-15(11(9)3)13-7-5-6-8-14(13)17(16,22)18(19,20)21;3*1-4(2)3;2*4-6-2-1-5-3-6;7*1-2;;;;;;;;;;;;;/h2*6-9,23H,5H2,1-4H3;5-8,22H,1-4H3;3*1-3H3;2*1-3H;7*1-2H3;4*1H4;1H;;;;;;;;/q;;;;;;;;;;;;;;;;;;;;+1;;;;;;;/p-1. The molecule has 3 N–H and O–H groups in total. The molecule has 2 heterocycles. The molecule has 3 aliphatic carbocycles. The van der Waals surface area contributed by atoms with Crippen molar-refractivity contribution in [1.29, 1.82) is 0 Å². The first-order chi connectivity index (χ1) is 50.4. The molecule has 3 unspecified atom stereocenters. The maximum atomic E-state index is 13.9. The van der Waals surface area contributed by atoms with Crippen molar-refractivity contribution >= 4 is 104 Å². The van der Waals surface area contributed by atoms with Crippen LogP contribution < -0.4 is 0 Å². The van der Waals surface area contributed by atoms with E-state index in [4.69, 9.17) is 0 Å². The zero-order chi connectivity index (χ0) is 86.3. The van der Waals surface area contributed by atoms with Gasteiger partial charge in [0.2, 0.25) is 16.8 Å². The van der Waals surface area contributed by atoms with Gasteiger partial charge >= 0.3 is 56.9 Å². The number of benzene rings is 6. The summed E-state index contributed by atoms with van der Waals surface area (Å²) >= 11 is 7.54. The molecule has 3 atom stereocenters. The van der Waals surface area contributed by atoms with Gasteiger partial charge in [-0.1, -0.05) is 275 Å². The Kier molecular flexibility index (Phi) is 95.2. The first kappa shape index (κ1) is 150. The molecule has 8 aromatic rings. The van der Waals surface area contributed by atoms with Gasteiger partial charge in [0, 0.05) is 214 Å². The number of imidazole rings is 2. The van der Waals surface area contributed by atoms with E-state index in [0.29, 0.717) is 62.9 Å². The van der Waals surface area contributed by atoms with Gasteiger partial charge < -0.3 is 15.3 Å². The van der Waals surface area contributed by atoms with Gasteiger partial charge in [-0.15, -0.1) is 0 Å². The summed E-state index contributed by atoms with van der Waals surface area (Å²) in [5, 5.41) is 32.4.